The van der Waals surface area contributed by atoms with Crippen molar-refractivity contribution in [3.8, 4) is 5.75 Å². The molecule has 0 bridgehead atoms. The monoisotopic (exact) mass is 344 g/mol. The second-order valence-corrected chi connectivity index (χ2v) is 5.70. The fraction of sp³-hybridized carbons (Fsp3) is 0.562. The first-order chi connectivity index (χ1) is 11.4. The van der Waals surface area contributed by atoms with Gasteiger partial charge in [0.25, 0.3) is 0 Å². The number of hydrogen-bond donors (Lipinski definition) is 2. The summed E-state index contributed by atoms with van der Waals surface area (Å²) in [4.78, 5) is 6.65. The van der Waals surface area contributed by atoms with Crippen LogP contribution in [-0.2, 0) is 0 Å². The van der Waals surface area contributed by atoms with Crippen molar-refractivity contribution in [3.05, 3.63) is 24.3 Å². The lowest BCUT2D eigenvalue weighted by molar-refractivity contribution is -0.274. The molecular formula is C16H23F3N4O. The van der Waals surface area contributed by atoms with Crippen molar-refractivity contribution in [1.82, 2.24) is 4.90 Å². The van der Waals surface area contributed by atoms with Gasteiger partial charge in [-0.3, -0.25) is 9.89 Å². The van der Waals surface area contributed by atoms with E-state index in [4.69, 9.17) is 5.73 Å². The van der Waals surface area contributed by atoms with Crippen molar-refractivity contribution in [2.45, 2.75) is 38.6 Å². The smallest absolute Gasteiger partial charge is 0.404 e. The Morgan fingerprint density at radius 2 is 2.00 bits per heavy atom. The van der Waals surface area contributed by atoms with Crippen LogP contribution in [0, 0.1) is 0 Å². The lowest BCUT2D eigenvalue weighted by Gasteiger charge is -2.24. The highest BCUT2D eigenvalue weighted by Crippen LogP contribution is 2.29. The van der Waals surface area contributed by atoms with Crippen molar-refractivity contribution in [3.63, 3.8) is 0 Å². The zero-order valence-electron chi connectivity index (χ0n) is 13.6. The summed E-state index contributed by atoms with van der Waals surface area (Å²) < 4.78 is 41.2. The van der Waals surface area contributed by atoms with E-state index < -0.39 is 6.36 Å². The van der Waals surface area contributed by atoms with E-state index >= 15 is 0 Å². The molecule has 1 aromatic rings. The normalized spacial score (nSPS) is 17.8. The van der Waals surface area contributed by atoms with E-state index in [1.807, 2.05) is 0 Å². The van der Waals surface area contributed by atoms with Crippen molar-refractivity contribution in [2.75, 3.05) is 25.0 Å². The molecular weight excluding hydrogens is 321 g/mol. The van der Waals surface area contributed by atoms with E-state index in [0.717, 1.165) is 19.5 Å². The topological polar surface area (TPSA) is 62.9 Å². The maximum Gasteiger partial charge on any atom is 0.573 e. The largest absolute Gasteiger partial charge is 0.573 e. The first-order valence-corrected chi connectivity index (χ1v) is 8.05. The number of nitrogens with zero attached hydrogens (tertiary/aromatic N) is 2. The van der Waals surface area contributed by atoms with Crippen LogP contribution in [0.3, 0.4) is 0 Å². The summed E-state index contributed by atoms with van der Waals surface area (Å²) in [6.45, 7) is 4.72. The summed E-state index contributed by atoms with van der Waals surface area (Å²) >= 11 is 0. The van der Waals surface area contributed by atoms with Gasteiger partial charge < -0.3 is 15.8 Å². The van der Waals surface area contributed by atoms with Gasteiger partial charge in [0, 0.05) is 6.04 Å². The van der Waals surface area contributed by atoms with Crippen molar-refractivity contribution in [2.24, 2.45) is 10.7 Å². The van der Waals surface area contributed by atoms with Gasteiger partial charge in [0.15, 0.2) is 11.7 Å². The number of benzene rings is 1. The molecule has 0 saturated carbocycles. The molecule has 0 radical (unpaired) electrons. The van der Waals surface area contributed by atoms with Crippen molar-refractivity contribution >= 4 is 11.6 Å². The zero-order chi connectivity index (χ0) is 17.6. The Kier molecular flexibility index (Phi) is 6.30. The molecule has 0 aliphatic carbocycles. The quantitative estimate of drug-likeness (QED) is 0.615. The van der Waals surface area contributed by atoms with E-state index in [-0.39, 0.29) is 17.4 Å². The van der Waals surface area contributed by atoms with Gasteiger partial charge in [0.05, 0.1) is 12.2 Å². The van der Waals surface area contributed by atoms with Crippen LogP contribution >= 0.6 is 0 Å². The number of rotatable bonds is 6. The molecule has 1 aliphatic rings. The van der Waals surface area contributed by atoms with Gasteiger partial charge in [-0.15, -0.1) is 13.2 Å². The minimum Gasteiger partial charge on any atom is -0.404 e. The van der Waals surface area contributed by atoms with E-state index in [1.54, 1.807) is 6.07 Å². The molecule has 1 heterocycles. The van der Waals surface area contributed by atoms with Crippen molar-refractivity contribution < 1.29 is 17.9 Å². The Hall–Kier alpha value is -1.96. The fourth-order valence-electron chi connectivity index (χ4n) is 2.77. The molecule has 134 valence electrons. The maximum absolute atomic E-state index is 12.4. The fourth-order valence-corrected chi connectivity index (χ4v) is 2.77. The molecule has 5 nitrogen and oxygen atoms in total. The average Bonchev–Trinajstić information content (AvgIpc) is 3.03. The number of halogens is 3. The standard InChI is InChI=1S/C16H23F3N4O/c1-2-12(23-9-5-6-10-23)11-21-15(20)22-13-7-3-4-8-14(13)24-16(17,18)19/h3-4,7-8,12H,2,5-6,9-11H2,1H3,(H3,20,21,22). The number of para-hydroxylation sites is 2. The molecule has 1 aromatic carbocycles. The predicted octanol–water partition coefficient (Wildman–Crippen LogP) is 3.19. The number of likely N-dealkylation sites (tertiary alicyclic amines) is 1. The number of alkyl halides is 3. The van der Waals surface area contributed by atoms with Crippen molar-refractivity contribution in [1.29, 1.82) is 0 Å². The molecule has 2 rings (SSSR count). The first-order valence-electron chi connectivity index (χ1n) is 8.05. The second kappa shape index (κ2) is 8.23. The average molecular weight is 344 g/mol. The van der Waals surface area contributed by atoms with Gasteiger partial charge in [-0.1, -0.05) is 19.1 Å². The molecule has 8 heteroatoms. The summed E-state index contributed by atoms with van der Waals surface area (Å²) in [6.07, 6.45) is -1.43. The summed E-state index contributed by atoms with van der Waals surface area (Å²) in [5.74, 6) is -0.263. The Morgan fingerprint density at radius 1 is 1.33 bits per heavy atom. The van der Waals surface area contributed by atoms with Crippen LogP contribution in [0.15, 0.2) is 29.3 Å². The highest BCUT2D eigenvalue weighted by molar-refractivity contribution is 5.93. The van der Waals surface area contributed by atoms with Gasteiger partial charge in [-0.2, -0.15) is 0 Å². The van der Waals surface area contributed by atoms with Crippen LogP contribution in [0.5, 0.6) is 5.75 Å². The summed E-state index contributed by atoms with van der Waals surface area (Å²) in [5, 5.41) is 2.69. The maximum atomic E-state index is 12.4. The number of hydrogen-bond acceptors (Lipinski definition) is 3. The number of anilines is 1. The summed E-state index contributed by atoms with van der Waals surface area (Å²) in [6, 6.07) is 6.04. The SMILES string of the molecule is CCC(CN=C(N)Nc1ccccc1OC(F)(F)F)N1CCCC1. The third-order valence-electron chi connectivity index (χ3n) is 3.98. The Bertz CT molecular complexity index is 556. The zero-order valence-corrected chi connectivity index (χ0v) is 13.6. The number of guanidine groups is 1. The number of nitrogens with two attached hydrogens (primary N) is 1. The van der Waals surface area contributed by atoms with Crippen LogP contribution in [0.4, 0.5) is 18.9 Å². The van der Waals surface area contributed by atoms with Gasteiger partial charge in [-0.05, 0) is 44.5 Å². The van der Waals surface area contributed by atoms with Crippen LogP contribution in [0.25, 0.3) is 0 Å². The van der Waals surface area contributed by atoms with Crippen LogP contribution < -0.4 is 15.8 Å². The van der Waals surface area contributed by atoms with Gasteiger partial charge in [0.2, 0.25) is 0 Å². The number of ether oxygens (including phenoxy) is 1. The Labute approximate surface area is 139 Å². The van der Waals surface area contributed by atoms with Gasteiger partial charge in [0.1, 0.15) is 0 Å². The third-order valence-corrected chi connectivity index (χ3v) is 3.98. The molecule has 24 heavy (non-hydrogen) atoms. The number of aliphatic imine (C=N–C) groups is 1. The van der Waals surface area contributed by atoms with E-state index in [1.165, 1.54) is 31.0 Å². The number of nitrogens with one attached hydrogen (secondary N) is 1. The van der Waals surface area contributed by atoms with Crippen LogP contribution in [-0.4, -0.2) is 42.9 Å². The van der Waals surface area contributed by atoms with E-state index in [9.17, 15) is 13.2 Å². The Morgan fingerprint density at radius 3 is 2.62 bits per heavy atom. The molecule has 1 saturated heterocycles. The predicted molar refractivity (Wildman–Crippen MR) is 88.1 cm³/mol. The second-order valence-electron chi connectivity index (χ2n) is 5.70. The minimum atomic E-state index is -4.76. The molecule has 1 fully saturated rings. The van der Waals surface area contributed by atoms with Gasteiger partial charge in [-0.25, -0.2) is 0 Å². The lowest BCUT2D eigenvalue weighted by Crippen LogP contribution is -2.35. The highest BCUT2D eigenvalue weighted by Gasteiger charge is 2.32. The molecule has 0 amide bonds. The van der Waals surface area contributed by atoms with E-state index in [0.29, 0.717) is 12.6 Å². The molecule has 0 spiro atoms. The molecule has 1 aliphatic heterocycles. The van der Waals surface area contributed by atoms with Gasteiger partial charge >= 0.3 is 6.36 Å². The summed E-state index contributed by atoms with van der Waals surface area (Å²) in [5.41, 5.74) is 5.95. The molecule has 0 aromatic heterocycles. The minimum absolute atomic E-state index is 0.0749. The van der Waals surface area contributed by atoms with Crippen LogP contribution in [0.2, 0.25) is 0 Å². The van der Waals surface area contributed by atoms with E-state index in [2.05, 4.69) is 26.9 Å². The van der Waals surface area contributed by atoms with Crippen LogP contribution in [0.1, 0.15) is 26.2 Å². The molecule has 1 atom stereocenters. The first kappa shape index (κ1) is 18.4. The molecule has 3 N–H and O–H groups in total. The highest BCUT2D eigenvalue weighted by atomic mass is 19.4. The third kappa shape index (κ3) is 5.59. The summed E-state index contributed by atoms with van der Waals surface area (Å²) in [7, 11) is 0. The molecule has 1 unspecified atom stereocenters. The Balaban J connectivity index is 1.99. The lowest BCUT2D eigenvalue weighted by atomic mass is 10.2.